The lowest BCUT2D eigenvalue weighted by molar-refractivity contribution is -0.137. The van der Waals surface area contributed by atoms with Crippen LogP contribution in [0.4, 0.5) is 33.7 Å². The Balaban J connectivity index is 1.45. The van der Waals surface area contributed by atoms with Gasteiger partial charge in [-0.15, -0.1) is 0 Å². The van der Waals surface area contributed by atoms with Crippen molar-refractivity contribution in [2.24, 2.45) is 0 Å². The maximum Gasteiger partial charge on any atom is 0.417 e. The fraction of sp³-hybridized carbons (Fsp3) is 0.222. The minimum atomic E-state index is -4.73. The summed E-state index contributed by atoms with van der Waals surface area (Å²) >= 11 is 5.63. The number of nitrogens with one attached hydrogen (secondary N) is 2. The maximum absolute atomic E-state index is 15.8. The van der Waals surface area contributed by atoms with E-state index in [4.69, 9.17) is 11.6 Å². The summed E-state index contributed by atoms with van der Waals surface area (Å²) in [6.45, 7) is 0. The van der Waals surface area contributed by atoms with E-state index in [1.807, 2.05) is 0 Å². The molecule has 0 bridgehead atoms. The number of sulfone groups is 1. The van der Waals surface area contributed by atoms with Crippen molar-refractivity contribution in [2.75, 3.05) is 22.1 Å². The summed E-state index contributed by atoms with van der Waals surface area (Å²) in [5, 5.41) is 8.75. The topological polar surface area (TPSA) is 106 Å². The van der Waals surface area contributed by atoms with Crippen molar-refractivity contribution in [3.63, 3.8) is 0 Å². The zero-order chi connectivity index (χ0) is 29.4. The van der Waals surface area contributed by atoms with Crippen molar-refractivity contribution in [2.45, 2.75) is 25.1 Å². The Labute approximate surface area is 237 Å². The quantitative estimate of drug-likeness (QED) is 0.242. The van der Waals surface area contributed by atoms with E-state index in [1.54, 1.807) is 35.4 Å². The molecule has 214 valence electrons. The molecule has 2 aromatic heterocycles. The summed E-state index contributed by atoms with van der Waals surface area (Å²) in [5.74, 6) is -0.743. The highest BCUT2D eigenvalue weighted by atomic mass is 35.5. The summed E-state index contributed by atoms with van der Waals surface area (Å²) in [5.41, 5.74) is 0.0574. The molecule has 0 saturated carbocycles. The number of urea groups is 1. The van der Waals surface area contributed by atoms with Crippen LogP contribution in [-0.2, 0) is 16.0 Å². The van der Waals surface area contributed by atoms with Gasteiger partial charge in [0.15, 0.2) is 5.82 Å². The van der Waals surface area contributed by atoms with Gasteiger partial charge in [-0.2, -0.15) is 18.3 Å². The first-order chi connectivity index (χ1) is 19.4. The molecule has 8 nitrogen and oxygen atoms in total. The number of carbonyl (C=O) groups is 1. The average Bonchev–Trinajstić information content (AvgIpc) is 3.36. The van der Waals surface area contributed by atoms with E-state index in [-0.39, 0.29) is 34.5 Å². The molecule has 2 amide bonds. The van der Waals surface area contributed by atoms with E-state index >= 15 is 4.39 Å². The molecule has 1 fully saturated rings. The largest absolute Gasteiger partial charge is 0.417 e. The Hall–Kier alpha value is -3.97. The summed E-state index contributed by atoms with van der Waals surface area (Å²) in [6.07, 6.45) is 0.770. The van der Waals surface area contributed by atoms with Crippen LogP contribution < -0.4 is 10.6 Å². The Kier molecular flexibility index (Phi) is 7.75. The number of hydrogen-bond donors (Lipinski definition) is 2. The molecule has 2 aromatic carbocycles. The van der Waals surface area contributed by atoms with Gasteiger partial charge in [0.05, 0.1) is 33.8 Å². The molecule has 0 spiro atoms. The first-order valence-corrected chi connectivity index (χ1v) is 14.5. The number of anilines is 2. The molecule has 0 radical (unpaired) electrons. The predicted molar refractivity (Wildman–Crippen MR) is 147 cm³/mol. The van der Waals surface area contributed by atoms with Crippen LogP contribution >= 0.6 is 11.6 Å². The Bertz CT molecular complexity index is 1700. The van der Waals surface area contributed by atoms with Crippen molar-refractivity contribution in [1.82, 2.24) is 14.8 Å². The number of aromatic nitrogens is 3. The third-order valence-corrected chi connectivity index (χ3v) is 8.70. The van der Waals surface area contributed by atoms with Gasteiger partial charge in [-0.1, -0.05) is 23.7 Å². The fourth-order valence-electron chi connectivity index (χ4n) is 4.58. The highest BCUT2D eigenvalue weighted by molar-refractivity contribution is 7.91. The zero-order valence-corrected chi connectivity index (χ0v) is 22.7. The number of pyridine rings is 1. The summed E-state index contributed by atoms with van der Waals surface area (Å²) in [6, 6.07) is 9.44. The smallest absolute Gasteiger partial charge is 0.308 e. The molecule has 41 heavy (non-hydrogen) atoms. The number of rotatable bonds is 5. The Morgan fingerprint density at radius 2 is 1.71 bits per heavy atom. The van der Waals surface area contributed by atoms with Gasteiger partial charge in [0, 0.05) is 41.0 Å². The lowest BCUT2D eigenvalue weighted by Gasteiger charge is -2.22. The Morgan fingerprint density at radius 3 is 2.39 bits per heavy atom. The first-order valence-electron chi connectivity index (χ1n) is 12.3. The molecule has 1 saturated heterocycles. The highest BCUT2D eigenvalue weighted by Gasteiger charge is 2.33. The van der Waals surface area contributed by atoms with Crippen molar-refractivity contribution < 1.29 is 30.8 Å². The predicted octanol–water partition coefficient (Wildman–Crippen LogP) is 6.82. The van der Waals surface area contributed by atoms with Crippen molar-refractivity contribution in [3.05, 3.63) is 83.5 Å². The van der Waals surface area contributed by atoms with Gasteiger partial charge >= 0.3 is 12.2 Å². The third kappa shape index (κ3) is 6.35. The van der Waals surface area contributed by atoms with Gasteiger partial charge in [0.25, 0.3) is 0 Å². The standard InChI is InChI=1S/C27H22ClF4N5O3S/c28-22-5-4-17(14-21(22)27(30,31)32)34-26(38)35-23-3-1-2-19(24(23)29)20-15-37(18-8-12-41(39,40)13-9-18)36-25(20)16-6-10-33-11-7-16/h1-7,10-11,14-15,18H,8-9,12-13H2,(H2,34,35,38). The molecule has 0 aliphatic carbocycles. The molecular weight excluding hydrogens is 586 g/mol. The number of carbonyl (C=O) groups excluding carboxylic acids is 1. The molecule has 0 atom stereocenters. The van der Waals surface area contributed by atoms with Crippen LogP contribution in [0, 0.1) is 5.82 Å². The van der Waals surface area contributed by atoms with Gasteiger partial charge in [0.2, 0.25) is 0 Å². The molecule has 1 aliphatic rings. The third-order valence-electron chi connectivity index (χ3n) is 6.65. The molecule has 14 heteroatoms. The summed E-state index contributed by atoms with van der Waals surface area (Å²) in [7, 11) is -3.11. The molecule has 0 unspecified atom stereocenters. The summed E-state index contributed by atoms with van der Waals surface area (Å²) < 4.78 is 80.9. The van der Waals surface area contributed by atoms with Crippen LogP contribution in [0.15, 0.2) is 67.1 Å². The number of halogens is 5. The molecule has 3 heterocycles. The number of hydrogen-bond acceptors (Lipinski definition) is 5. The van der Waals surface area contributed by atoms with E-state index in [0.717, 1.165) is 6.07 Å². The van der Waals surface area contributed by atoms with Crippen molar-refractivity contribution in [1.29, 1.82) is 0 Å². The monoisotopic (exact) mass is 607 g/mol. The number of benzene rings is 2. The van der Waals surface area contributed by atoms with Gasteiger partial charge in [-0.3, -0.25) is 9.67 Å². The van der Waals surface area contributed by atoms with Crippen LogP contribution in [0.2, 0.25) is 5.02 Å². The average molecular weight is 608 g/mol. The maximum atomic E-state index is 15.8. The molecule has 4 aromatic rings. The first kappa shape index (κ1) is 28.6. The molecular formula is C27H22ClF4N5O3S. The minimum Gasteiger partial charge on any atom is -0.308 e. The Morgan fingerprint density at radius 1 is 1.00 bits per heavy atom. The van der Waals surface area contributed by atoms with E-state index in [2.05, 4.69) is 20.7 Å². The van der Waals surface area contributed by atoms with Gasteiger partial charge in [0.1, 0.15) is 15.5 Å². The molecule has 1 aliphatic heterocycles. The van der Waals surface area contributed by atoms with E-state index < -0.39 is 38.4 Å². The normalized spacial score (nSPS) is 15.4. The van der Waals surface area contributed by atoms with Gasteiger partial charge in [-0.05, 0) is 49.2 Å². The fourth-order valence-corrected chi connectivity index (χ4v) is 6.27. The highest BCUT2D eigenvalue weighted by Crippen LogP contribution is 2.38. The second-order valence-electron chi connectivity index (χ2n) is 9.43. The zero-order valence-electron chi connectivity index (χ0n) is 21.1. The van der Waals surface area contributed by atoms with E-state index in [0.29, 0.717) is 35.7 Å². The number of alkyl halides is 3. The lowest BCUT2D eigenvalue weighted by Crippen LogP contribution is -2.25. The van der Waals surface area contributed by atoms with Crippen molar-refractivity contribution >= 4 is 38.8 Å². The summed E-state index contributed by atoms with van der Waals surface area (Å²) in [4.78, 5) is 16.6. The number of nitrogens with zero attached hydrogens (tertiary/aromatic N) is 3. The molecule has 5 rings (SSSR count). The van der Waals surface area contributed by atoms with Crippen LogP contribution in [0.25, 0.3) is 22.4 Å². The minimum absolute atomic E-state index is 0.0262. The van der Waals surface area contributed by atoms with E-state index in [1.165, 1.54) is 24.3 Å². The van der Waals surface area contributed by atoms with Crippen LogP contribution in [0.1, 0.15) is 24.4 Å². The second-order valence-corrected chi connectivity index (χ2v) is 12.1. The lowest BCUT2D eigenvalue weighted by atomic mass is 10.0. The SMILES string of the molecule is O=C(Nc1ccc(Cl)c(C(F)(F)F)c1)Nc1cccc(-c2cn(C3CCS(=O)(=O)CC3)nc2-c2ccncc2)c1F. The van der Waals surface area contributed by atoms with Gasteiger partial charge < -0.3 is 10.6 Å². The van der Waals surface area contributed by atoms with Crippen LogP contribution in [0.3, 0.4) is 0 Å². The molecule has 2 N–H and O–H groups in total. The second kappa shape index (κ2) is 11.1. The van der Waals surface area contributed by atoms with E-state index in [9.17, 15) is 26.4 Å². The van der Waals surface area contributed by atoms with Crippen LogP contribution in [-0.4, -0.2) is 40.7 Å². The number of amides is 2. The van der Waals surface area contributed by atoms with Crippen molar-refractivity contribution in [3.8, 4) is 22.4 Å². The van der Waals surface area contributed by atoms with Gasteiger partial charge in [-0.25, -0.2) is 17.6 Å². The van der Waals surface area contributed by atoms with Crippen LogP contribution in [0.5, 0.6) is 0 Å².